The molecule has 6 nitrogen and oxygen atoms in total. The maximum absolute atomic E-state index is 12.3. The first-order chi connectivity index (χ1) is 9.03. The predicted octanol–water partition coefficient (Wildman–Crippen LogP) is 0.887. The number of halogens is 1. The summed E-state index contributed by atoms with van der Waals surface area (Å²) in [5.41, 5.74) is 5.08. The van der Waals surface area contributed by atoms with Gasteiger partial charge in [-0.15, -0.1) is 0 Å². The van der Waals surface area contributed by atoms with E-state index in [0.717, 1.165) is 0 Å². The molecule has 20 heavy (non-hydrogen) atoms. The van der Waals surface area contributed by atoms with E-state index in [0.29, 0.717) is 10.2 Å². The van der Waals surface area contributed by atoms with E-state index in [1.165, 1.54) is 18.2 Å². The summed E-state index contributed by atoms with van der Waals surface area (Å²) in [6.07, 6.45) is 0.269. The summed E-state index contributed by atoms with van der Waals surface area (Å²) >= 11 is 3.17. The number of nitrogens with one attached hydrogen (secondary N) is 1. The molecule has 1 atom stereocenters. The van der Waals surface area contributed by atoms with Crippen LogP contribution in [0.25, 0.3) is 0 Å². The minimum Gasteiger partial charge on any atom is -0.398 e. The number of sulfonamides is 1. The molecule has 2 rings (SSSR count). The number of benzene rings is 1. The van der Waals surface area contributed by atoms with Crippen LogP contribution in [-0.2, 0) is 19.9 Å². The Kier molecular flexibility index (Phi) is 3.91. The van der Waals surface area contributed by atoms with Crippen molar-refractivity contribution in [2.24, 2.45) is 0 Å². The van der Waals surface area contributed by atoms with E-state index in [2.05, 4.69) is 20.7 Å². The van der Waals surface area contributed by atoms with Crippen molar-refractivity contribution in [3.63, 3.8) is 0 Å². The maximum atomic E-state index is 12.3. The second-order valence-corrected chi connectivity index (χ2v) is 9.91. The molecule has 1 aromatic rings. The van der Waals surface area contributed by atoms with E-state index in [9.17, 15) is 16.8 Å². The fraction of sp³-hybridized carbons (Fsp3) is 0.455. The smallest absolute Gasteiger partial charge is 0.241 e. The van der Waals surface area contributed by atoms with Crippen molar-refractivity contribution >= 4 is 41.5 Å². The molecule has 0 aliphatic carbocycles. The van der Waals surface area contributed by atoms with Crippen LogP contribution in [0.2, 0.25) is 0 Å². The van der Waals surface area contributed by atoms with Gasteiger partial charge in [0.2, 0.25) is 10.0 Å². The van der Waals surface area contributed by atoms with E-state index in [1.54, 1.807) is 6.92 Å². The standard InChI is InChI=1S/C11H15BrN2O4S2/c1-11(4-5-19(15,16)7-11)14-20(17,18)8-2-3-10(13)9(12)6-8/h2-3,6,14H,4-5,7,13H2,1H3. The third-order valence-electron chi connectivity index (χ3n) is 3.17. The monoisotopic (exact) mass is 382 g/mol. The quantitative estimate of drug-likeness (QED) is 0.754. The molecule has 0 amide bonds. The van der Waals surface area contributed by atoms with Crippen molar-refractivity contribution in [3.05, 3.63) is 22.7 Å². The minimum atomic E-state index is -3.79. The number of nitrogens with two attached hydrogens (primary N) is 1. The molecule has 1 aromatic carbocycles. The van der Waals surface area contributed by atoms with E-state index >= 15 is 0 Å². The molecule has 0 saturated carbocycles. The van der Waals surface area contributed by atoms with Gasteiger partial charge in [-0.1, -0.05) is 0 Å². The molecular weight excluding hydrogens is 368 g/mol. The molecule has 3 N–H and O–H groups in total. The van der Waals surface area contributed by atoms with Crippen LogP contribution in [0.5, 0.6) is 0 Å². The zero-order valence-electron chi connectivity index (χ0n) is 10.8. The highest BCUT2D eigenvalue weighted by Gasteiger charge is 2.41. The summed E-state index contributed by atoms with van der Waals surface area (Å²) in [5.74, 6) is -0.188. The Morgan fingerprint density at radius 1 is 1.40 bits per heavy atom. The first-order valence-electron chi connectivity index (χ1n) is 5.83. The van der Waals surface area contributed by atoms with Crippen LogP contribution in [0.3, 0.4) is 0 Å². The molecule has 0 spiro atoms. The molecule has 9 heteroatoms. The van der Waals surface area contributed by atoms with Gasteiger partial charge < -0.3 is 5.73 Å². The first-order valence-corrected chi connectivity index (χ1v) is 9.92. The van der Waals surface area contributed by atoms with Crippen molar-refractivity contribution in [1.82, 2.24) is 4.72 Å². The first kappa shape index (κ1) is 15.7. The zero-order valence-corrected chi connectivity index (χ0v) is 14.0. The van der Waals surface area contributed by atoms with Crippen LogP contribution >= 0.6 is 15.9 Å². The average molecular weight is 383 g/mol. The van der Waals surface area contributed by atoms with Crippen LogP contribution in [0.4, 0.5) is 5.69 Å². The molecule has 112 valence electrons. The molecule has 0 aromatic heterocycles. The molecule has 1 aliphatic heterocycles. The van der Waals surface area contributed by atoms with Gasteiger partial charge in [0.15, 0.2) is 9.84 Å². The van der Waals surface area contributed by atoms with E-state index in [4.69, 9.17) is 5.73 Å². The van der Waals surface area contributed by atoms with E-state index < -0.39 is 25.4 Å². The maximum Gasteiger partial charge on any atom is 0.241 e. The van der Waals surface area contributed by atoms with Gasteiger partial charge in [-0.2, -0.15) is 0 Å². The fourth-order valence-electron chi connectivity index (χ4n) is 2.15. The average Bonchev–Trinajstić information content (AvgIpc) is 2.55. The number of anilines is 1. The third-order valence-corrected chi connectivity index (χ3v) is 7.39. The third kappa shape index (κ3) is 3.33. The largest absolute Gasteiger partial charge is 0.398 e. The van der Waals surface area contributed by atoms with Crippen molar-refractivity contribution < 1.29 is 16.8 Å². The molecule has 1 unspecified atom stereocenters. The summed E-state index contributed by atoms with van der Waals surface area (Å²) in [5, 5.41) is 0. The lowest BCUT2D eigenvalue weighted by molar-refractivity contribution is 0.462. The molecule has 1 heterocycles. The highest BCUT2D eigenvalue weighted by molar-refractivity contribution is 9.10. The van der Waals surface area contributed by atoms with E-state index in [-0.39, 0.29) is 22.8 Å². The number of nitrogen functional groups attached to an aromatic ring is 1. The minimum absolute atomic E-state index is 0.00253. The van der Waals surface area contributed by atoms with Gasteiger partial charge in [-0.05, 0) is 47.5 Å². The summed E-state index contributed by atoms with van der Waals surface area (Å²) in [6.45, 7) is 1.60. The van der Waals surface area contributed by atoms with Crippen LogP contribution in [-0.4, -0.2) is 33.9 Å². The number of hydrogen-bond donors (Lipinski definition) is 2. The van der Waals surface area contributed by atoms with E-state index in [1.807, 2.05) is 0 Å². The summed E-state index contributed by atoms with van der Waals surface area (Å²) in [4.78, 5) is 0.0455. The molecule has 0 bridgehead atoms. The van der Waals surface area contributed by atoms with Crippen molar-refractivity contribution in [1.29, 1.82) is 0 Å². The molecular formula is C11H15BrN2O4S2. The SMILES string of the molecule is CC1(NS(=O)(=O)c2ccc(N)c(Br)c2)CCS(=O)(=O)C1. The Hall–Kier alpha value is -0.640. The molecule has 1 aliphatic rings. The topological polar surface area (TPSA) is 106 Å². The predicted molar refractivity (Wildman–Crippen MR) is 80.6 cm³/mol. The van der Waals surface area contributed by atoms with Gasteiger partial charge in [0, 0.05) is 15.7 Å². The van der Waals surface area contributed by atoms with Crippen molar-refractivity contribution in [3.8, 4) is 0 Å². The highest BCUT2D eigenvalue weighted by Crippen LogP contribution is 2.27. The van der Waals surface area contributed by atoms with Crippen LogP contribution in [0.15, 0.2) is 27.6 Å². The van der Waals surface area contributed by atoms with Gasteiger partial charge in [-0.3, -0.25) is 0 Å². The van der Waals surface area contributed by atoms with Crippen molar-refractivity contribution in [2.45, 2.75) is 23.8 Å². The Bertz CT molecular complexity index is 746. The Morgan fingerprint density at radius 3 is 2.55 bits per heavy atom. The molecule has 0 radical (unpaired) electrons. The highest BCUT2D eigenvalue weighted by atomic mass is 79.9. The van der Waals surface area contributed by atoms with Crippen LogP contribution < -0.4 is 10.5 Å². The Balaban J connectivity index is 2.30. The number of rotatable bonds is 3. The molecule has 1 saturated heterocycles. The van der Waals surface area contributed by atoms with Gasteiger partial charge in [0.25, 0.3) is 0 Å². The van der Waals surface area contributed by atoms with Crippen LogP contribution in [0.1, 0.15) is 13.3 Å². The number of sulfone groups is 1. The van der Waals surface area contributed by atoms with Crippen molar-refractivity contribution in [2.75, 3.05) is 17.2 Å². The zero-order chi connectivity index (χ0) is 15.2. The lowest BCUT2D eigenvalue weighted by Crippen LogP contribution is -2.46. The Morgan fingerprint density at radius 2 is 2.05 bits per heavy atom. The van der Waals surface area contributed by atoms with Gasteiger partial charge in [0.05, 0.1) is 16.4 Å². The van der Waals surface area contributed by atoms with Gasteiger partial charge in [-0.25, -0.2) is 21.6 Å². The summed E-state index contributed by atoms with van der Waals surface area (Å²) in [6, 6.07) is 4.26. The Labute approximate surface area is 126 Å². The normalized spacial score (nSPS) is 25.7. The van der Waals surface area contributed by atoms with Gasteiger partial charge in [0.1, 0.15) is 0 Å². The fourth-order valence-corrected chi connectivity index (χ4v) is 6.33. The lowest BCUT2D eigenvalue weighted by atomic mass is 10.0. The summed E-state index contributed by atoms with van der Waals surface area (Å²) < 4.78 is 50.6. The second kappa shape index (κ2) is 4.97. The summed E-state index contributed by atoms with van der Waals surface area (Å²) in [7, 11) is -6.97. The molecule has 1 fully saturated rings. The van der Waals surface area contributed by atoms with Crippen LogP contribution in [0, 0.1) is 0 Å². The van der Waals surface area contributed by atoms with Gasteiger partial charge >= 0.3 is 0 Å². The lowest BCUT2D eigenvalue weighted by Gasteiger charge is -2.23. The second-order valence-electron chi connectivity index (χ2n) is 5.19. The number of hydrogen-bond acceptors (Lipinski definition) is 5.